The Morgan fingerprint density at radius 2 is 1.74 bits per heavy atom. The van der Waals surface area contributed by atoms with Crippen LogP contribution < -0.4 is 0 Å². The van der Waals surface area contributed by atoms with E-state index in [9.17, 15) is 18.8 Å². The maximum Gasteiger partial charge on any atom is 0.335 e. The number of hydrogen-bond acceptors (Lipinski definition) is 9. The molecule has 0 bridgehead atoms. The predicted octanol–water partition coefficient (Wildman–Crippen LogP) is 3.97. The van der Waals surface area contributed by atoms with E-state index < -0.39 is 41.7 Å². The molecule has 11 heteroatoms. The molecule has 1 aromatic rings. The average molecular weight is 531 g/mol. The van der Waals surface area contributed by atoms with Crippen LogP contribution in [-0.2, 0) is 43.8 Å². The minimum absolute atomic E-state index is 0.0904. The zero-order valence-corrected chi connectivity index (χ0v) is 21.3. The molecule has 0 radical (unpaired) electrons. The Morgan fingerprint density at radius 1 is 1.11 bits per heavy atom. The summed E-state index contributed by atoms with van der Waals surface area (Å²) >= 11 is 7.64. The molecule has 3 rings (SSSR count). The highest BCUT2D eigenvalue weighted by atomic mass is 35.5. The molecule has 1 unspecified atom stereocenters. The second-order valence-corrected chi connectivity index (χ2v) is 9.72. The summed E-state index contributed by atoms with van der Waals surface area (Å²) in [6.07, 6.45) is 1.12. The molecule has 1 aliphatic heterocycles. The van der Waals surface area contributed by atoms with Crippen molar-refractivity contribution in [3.63, 3.8) is 0 Å². The molecule has 3 atom stereocenters. The first-order valence-corrected chi connectivity index (χ1v) is 12.6. The van der Waals surface area contributed by atoms with Crippen molar-refractivity contribution in [1.29, 1.82) is 0 Å². The second-order valence-electron chi connectivity index (χ2n) is 8.12. The molecular weight excluding hydrogens is 503 g/mol. The normalized spacial score (nSPS) is 23.0. The van der Waals surface area contributed by atoms with Crippen LogP contribution in [0.2, 0.25) is 5.02 Å². The number of carbonyl (C=O) groups is 3. The molecular formula is C24H28ClFO8S. The molecule has 35 heavy (non-hydrogen) atoms. The Labute approximate surface area is 212 Å². The van der Waals surface area contributed by atoms with E-state index in [1.165, 1.54) is 37.7 Å². The van der Waals surface area contributed by atoms with Gasteiger partial charge >= 0.3 is 17.9 Å². The van der Waals surface area contributed by atoms with Crippen LogP contribution in [-0.4, -0.2) is 61.0 Å². The van der Waals surface area contributed by atoms with Crippen LogP contribution in [0.3, 0.4) is 0 Å². The van der Waals surface area contributed by atoms with E-state index in [2.05, 4.69) is 0 Å². The fraction of sp³-hybridized carbons (Fsp3) is 0.542. The minimum atomic E-state index is -1.26. The first-order valence-electron chi connectivity index (χ1n) is 11.2. The van der Waals surface area contributed by atoms with Gasteiger partial charge in [-0.1, -0.05) is 17.7 Å². The summed E-state index contributed by atoms with van der Waals surface area (Å²) in [6, 6.07) is 4.21. The largest absolute Gasteiger partial charge is 0.463 e. The van der Waals surface area contributed by atoms with Crippen molar-refractivity contribution in [3.05, 3.63) is 46.3 Å². The summed E-state index contributed by atoms with van der Waals surface area (Å²) in [5.74, 6) is -2.69. The maximum absolute atomic E-state index is 13.4. The Kier molecular flexibility index (Phi) is 9.57. The fourth-order valence-electron chi connectivity index (χ4n) is 3.86. The van der Waals surface area contributed by atoms with Crippen LogP contribution in [0.4, 0.5) is 4.39 Å². The third-order valence-electron chi connectivity index (χ3n) is 5.46. The van der Waals surface area contributed by atoms with Gasteiger partial charge in [0.15, 0.2) is 5.79 Å². The van der Waals surface area contributed by atoms with Crippen molar-refractivity contribution in [1.82, 2.24) is 0 Å². The molecule has 1 aliphatic carbocycles. The molecule has 192 valence electrons. The summed E-state index contributed by atoms with van der Waals surface area (Å²) in [6.45, 7) is 4.28. The lowest BCUT2D eigenvalue weighted by Crippen LogP contribution is -2.37. The van der Waals surface area contributed by atoms with E-state index in [0.29, 0.717) is 29.2 Å². The molecule has 1 aromatic carbocycles. The lowest BCUT2D eigenvalue weighted by molar-refractivity contribution is -0.162. The number of esters is 3. The molecule has 1 saturated heterocycles. The quantitative estimate of drug-likeness (QED) is 0.347. The Morgan fingerprint density at radius 3 is 2.29 bits per heavy atom. The van der Waals surface area contributed by atoms with E-state index in [0.717, 1.165) is 5.56 Å². The molecule has 1 fully saturated rings. The highest BCUT2D eigenvalue weighted by Gasteiger charge is 2.50. The summed E-state index contributed by atoms with van der Waals surface area (Å²) in [4.78, 5) is 35.5. The number of hydrogen-bond donors (Lipinski definition) is 0. The van der Waals surface area contributed by atoms with Crippen LogP contribution in [0.1, 0.15) is 39.2 Å². The molecule has 2 aliphatic rings. The lowest BCUT2D eigenvalue weighted by Gasteiger charge is -2.33. The molecule has 0 aromatic heterocycles. The SMILES string of the molecule is CCOC(=O)C1=CC2(CCC1SCc1ccc(F)cc1Cl)O[C@H](COC(C)=O)[C@@H](COC(C)=O)O2. The smallest absolute Gasteiger partial charge is 0.335 e. The standard InChI is InChI=1S/C24H28ClFO8S/c1-4-30-23(29)18-10-24(8-7-22(18)35-13-16-5-6-17(26)9-19(16)25)33-20(11-31-14(2)27)21(34-24)12-32-15(3)28/h5-6,9-10,20-22H,4,7-8,11-13H2,1-3H3/t20-,21-,22?/m1/s1. The highest BCUT2D eigenvalue weighted by Crippen LogP contribution is 2.43. The van der Waals surface area contributed by atoms with Gasteiger partial charge in [-0.15, -0.1) is 11.8 Å². The second kappa shape index (κ2) is 12.2. The maximum atomic E-state index is 13.4. The van der Waals surface area contributed by atoms with Crippen molar-refractivity contribution in [2.75, 3.05) is 19.8 Å². The fourth-order valence-corrected chi connectivity index (χ4v) is 5.43. The van der Waals surface area contributed by atoms with Gasteiger partial charge in [-0.3, -0.25) is 9.59 Å². The molecule has 1 heterocycles. The number of rotatable bonds is 9. The van der Waals surface area contributed by atoms with Crippen LogP contribution in [0.15, 0.2) is 29.8 Å². The van der Waals surface area contributed by atoms with Gasteiger partial charge in [-0.2, -0.15) is 0 Å². The molecule has 8 nitrogen and oxygen atoms in total. The number of benzene rings is 1. The third-order valence-corrected chi connectivity index (χ3v) is 7.18. The zero-order valence-electron chi connectivity index (χ0n) is 19.7. The number of halogens is 2. The van der Waals surface area contributed by atoms with E-state index in [4.69, 9.17) is 35.3 Å². The van der Waals surface area contributed by atoms with E-state index in [1.54, 1.807) is 19.1 Å². The van der Waals surface area contributed by atoms with Gasteiger partial charge in [-0.25, -0.2) is 9.18 Å². The summed E-state index contributed by atoms with van der Waals surface area (Å²) < 4.78 is 41.1. The van der Waals surface area contributed by atoms with E-state index in [1.807, 2.05) is 0 Å². The summed E-state index contributed by atoms with van der Waals surface area (Å²) in [5, 5.41) is 0.0722. The van der Waals surface area contributed by atoms with Gasteiger partial charge in [0, 0.05) is 36.3 Å². The van der Waals surface area contributed by atoms with Gasteiger partial charge < -0.3 is 23.7 Å². The summed E-state index contributed by atoms with van der Waals surface area (Å²) in [5.41, 5.74) is 1.12. The molecule has 0 N–H and O–H groups in total. The Hall–Kier alpha value is -2.14. The van der Waals surface area contributed by atoms with Crippen LogP contribution in [0, 0.1) is 5.82 Å². The molecule has 1 spiro atoms. The summed E-state index contributed by atoms with van der Waals surface area (Å²) in [7, 11) is 0. The number of carbonyl (C=O) groups excluding carboxylic acids is 3. The zero-order chi connectivity index (χ0) is 25.6. The number of thioether (sulfide) groups is 1. The first-order chi connectivity index (χ1) is 16.6. The van der Waals surface area contributed by atoms with E-state index in [-0.39, 0.29) is 25.1 Å². The van der Waals surface area contributed by atoms with Gasteiger partial charge in [0.1, 0.15) is 31.2 Å². The van der Waals surface area contributed by atoms with Gasteiger partial charge in [-0.05, 0) is 37.1 Å². The minimum Gasteiger partial charge on any atom is -0.463 e. The lowest BCUT2D eigenvalue weighted by atomic mass is 9.94. The van der Waals surface area contributed by atoms with Crippen molar-refractivity contribution >= 4 is 41.3 Å². The van der Waals surface area contributed by atoms with E-state index >= 15 is 0 Å². The van der Waals surface area contributed by atoms with Crippen LogP contribution in [0.25, 0.3) is 0 Å². The van der Waals surface area contributed by atoms with Crippen molar-refractivity contribution < 1.29 is 42.5 Å². The monoisotopic (exact) mass is 530 g/mol. The topological polar surface area (TPSA) is 97.4 Å². The van der Waals surface area contributed by atoms with Crippen molar-refractivity contribution in [3.8, 4) is 0 Å². The van der Waals surface area contributed by atoms with Crippen LogP contribution in [0.5, 0.6) is 0 Å². The van der Waals surface area contributed by atoms with Crippen molar-refractivity contribution in [2.45, 2.75) is 62.6 Å². The van der Waals surface area contributed by atoms with Crippen molar-refractivity contribution in [2.24, 2.45) is 0 Å². The Balaban J connectivity index is 1.81. The molecule has 0 saturated carbocycles. The number of ether oxygens (including phenoxy) is 5. The van der Waals surface area contributed by atoms with Gasteiger partial charge in [0.25, 0.3) is 0 Å². The van der Waals surface area contributed by atoms with Crippen LogP contribution >= 0.6 is 23.4 Å². The van der Waals surface area contributed by atoms with Gasteiger partial charge in [0.2, 0.25) is 0 Å². The highest BCUT2D eigenvalue weighted by molar-refractivity contribution is 7.99. The molecule has 0 amide bonds. The predicted molar refractivity (Wildman–Crippen MR) is 126 cm³/mol. The first kappa shape index (κ1) is 27.4. The van der Waals surface area contributed by atoms with Gasteiger partial charge in [0.05, 0.1) is 12.2 Å². The third kappa shape index (κ3) is 7.42. The average Bonchev–Trinajstić information content (AvgIpc) is 3.13. The Bertz CT molecular complexity index is 958.